The molecule has 0 amide bonds. The van der Waals surface area contributed by atoms with Crippen LogP contribution < -0.4 is 4.74 Å². The van der Waals surface area contributed by atoms with Crippen LogP contribution in [0.1, 0.15) is 54.4 Å². The van der Waals surface area contributed by atoms with Gasteiger partial charge < -0.3 is 9.15 Å². The number of carbonyl (C=O) groups excluding carboxylic acids is 2. The smallest absolute Gasteiger partial charge is 0.228 e. The molecule has 6 rings (SSSR count). The Hall–Kier alpha value is -4.82. The van der Waals surface area contributed by atoms with Gasteiger partial charge in [-0.15, -0.1) is 5.10 Å². The number of furan rings is 1. The fourth-order valence-corrected chi connectivity index (χ4v) is 5.22. The largest absolute Gasteiger partial charge is 0.486 e. The Morgan fingerprint density at radius 3 is 2.43 bits per heavy atom. The predicted octanol–water partition coefficient (Wildman–Crippen LogP) is 7.61. The average Bonchev–Trinajstić information content (AvgIpc) is 3.63. The van der Waals surface area contributed by atoms with Crippen LogP contribution in [0.3, 0.4) is 0 Å². The third kappa shape index (κ3) is 5.94. The molecule has 0 aliphatic carbocycles. The Morgan fingerprint density at radius 2 is 1.67 bits per heavy atom. The zero-order valence-corrected chi connectivity index (χ0v) is 24.6. The molecule has 0 radical (unpaired) electrons. The molecule has 6 aromatic rings. The molecule has 0 fully saturated rings. The highest BCUT2D eigenvalue weighted by Gasteiger charge is 2.15. The summed E-state index contributed by atoms with van der Waals surface area (Å²) in [5, 5.41) is 9.29. The molecule has 4 aromatic carbocycles. The van der Waals surface area contributed by atoms with E-state index in [1.165, 1.54) is 0 Å². The Morgan fingerprint density at radius 1 is 0.929 bits per heavy atom. The highest BCUT2D eigenvalue weighted by atomic mass is 79.9. The van der Waals surface area contributed by atoms with Crippen LogP contribution in [0.25, 0.3) is 16.7 Å². The zero-order valence-electron chi connectivity index (χ0n) is 23.0. The number of ether oxygens (including phenoxy) is 1. The van der Waals surface area contributed by atoms with E-state index in [1.54, 1.807) is 28.9 Å². The average molecular weight is 621 g/mol. The predicted molar refractivity (Wildman–Crippen MR) is 164 cm³/mol. The molecule has 2 aromatic heterocycles. The summed E-state index contributed by atoms with van der Waals surface area (Å²) >= 11 is 3.39. The van der Waals surface area contributed by atoms with Gasteiger partial charge in [0.15, 0.2) is 12.0 Å². The first kappa shape index (κ1) is 27.4. The molecule has 0 atom stereocenters. The van der Waals surface area contributed by atoms with Crippen LogP contribution in [0, 0.1) is 13.8 Å². The number of aryl methyl sites for hydroxylation is 2. The molecule has 208 valence electrons. The standard InChI is InChI=1S/C34H26BrN3O4/c1-21-11-22(2)13-30(12-21)38-18-29(36-37-38)20-41-31-9-3-24(16-27(31)19-39)14-23-4-10-32-26(15-23)17-33(42-32)34(40)25-5-7-28(35)8-6-25/h3-13,15-19H,14,20H2,1-2H3. The number of hydrogen-bond acceptors (Lipinski definition) is 6. The molecule has 42 heavy (non-hydrogen) atoms. The minimum atomic E-state index is -0.167. The molecule has 7 nitrogen and oxygen atoms in total. The number of benzene rings is 4. The quantitative estimate of drug-likeness (QED) is 0.122. The van der Waals surface area contributed by atoms with E-state index in [0.29, 0.717) is 40.3 Å². The van der Waals surface area contributed by atoms with E-state index in [1.807, 2.05) is 74.6 Å². The first-order chi connectivity index (χ1) is 20.3. The van der Waals surface area contributed by atoms with Crippen molar-refractivity contribution < 1.29 is 18.7 Å². The highest BCUT2D eigenvalue weighted by molar-refractivity contribution is 9.10. The number of aldehydes is 1. The van der Waals surface area contributed by atoms with Gasteiger partial charge in [0.1, 0.15) is 23.6 Å². The molecule has 0 aliphatic heterocycles. The van der Waals surface area contributed by atoms with Crippen molar-refractivity contribution in [1.29, 1.82) is 0 Å². The Labute approximate surface area is 250 Å². The van der Waals surface area contributed by atoms with Crippen molar-refractivity contribution >= 4 is 39.0 Å². The van der Waals surface area contributed by atoms with Crippen LogP contribution >= 0.6 is 15.9 Å². The first-order valence-electron chi connectivity index (χ1n) is 13.4. The van der Waals surface area contributed by atoms with Crippen molar-refractivity contribution in [2.24, 2.45) is 0 Å². The lowest BCUT2D eigenvalue weighted by atomic mass is 10.0. The number of halogens is 1. The van der Waals surface area contributed by atoms with E-state index in [9.17, 15) is 9.59 Å². The van der Waals surface area contributed by atoms with E-state index in [-0.39, 0.29) is 12.4 Å². The number of hydrogen-bond donors (Lipinski definition) is 0. The molecule has 0 unspecified atom stereocenters. The topological polar surface area (TPSA) is 87.2 Å². The second-order valence-electron chi connectivity index (χ2n) is 10.3. The summed E-state index contributed by atoms with van der Waals surface area (Å²) in [5.41, 5.74) is 7.54. The van der Waals surface area contributed by atoms with Gasteiger partial charge in [-0.3, -0.25) is 9.59 Å². The summed E-state index contributed by atoms with van der Waals surface area (Å²) in [6, 6.07) is 26.6. The summed E-state index contributed by atoms with van der Waals surface area (Å²) in [6.07, 6.45) is 3.22. The van der Waals surface area contributed by atoms with Crippen molar-refractivity contribution in [2.45, 2.75) is 26.9 Å². The molecular formula is C34H26BrN3O4. The van der Waals surface area contributed by atoms with Crippen molar-refractivity contribution in [3.63, 3.8) is 0 Å². The van der Waals surface area contributed by atoms with E-state index < -0.39 is 0 Å². The van der Waals surface area contributed by atoms with Crippen LogP contribution in [0.5, 0.6) is 5.75 Å². The fourth-order valence-electron chi connectivity index (χ4n) is 4.95. The molecular weight excluding hydrogens is 594 g/mol. The summed E-state index contributed by atoms with van der Waals surface area (Å²) in [7, 11) is 0. The van der Waals surface area contributed by atoms with E-state index >= 15 is 0 Å². The van der Waals surface area contributed by atoms with Crippen LogP contribution in [-0.4, -0.2) is 27.1 Å². The molecule has 0 bridgehead atoms. The molecule has 0 aliphatic rings. The second-order valence-corrected chi connectivity index (χ2v) is 11.2. The van der Waals surface area contributed by atoms with Gasteiger partial charge in [0.25, 0.3) is 0 Å². The molecule has 0 saturated carbocycles. The van der Waals surface area contributed by atoms with Gasteiger partial charge in [-0.05, 0) is 109 Å². The third-order valence-corrected chi connectivity index (χ3v) is 7.44. The van der Waals surface area contributed by atoms with Crippen LogP contribution in [-0.2, 0) is 13.0 Å². The Bertz CT molecular complexity index is 1920. The molecule has 8 heteroatoms. The number of rotatable bonds is 9. The molecule has 0 spiro atoms. The van der Waals surface area contributed by atoms with Gasteiger partial charge in [0.2, 0.25) is 5.78 Å². The normalized spacial score (nSPS) is 11.1. The third-order valence-electron chi connectivity index (χ3n) is 6.91. The Balaban J connectivity index is 1.14. The molecule has 2 heterocycles. The van der Waals surface area contributed by atoms with E-state index in [4.69, 9.17) is 9.15 Å². The maximum Gasteiger partial charge on any atom is 0.228 e. The lowest BCUT2D eigenvalue weighted by Crippen LogP contribution is -2.00. The number of ketones is 1. The lowest BCUT2D eigenvalue weighted by Gasteiger charge is -2.09. The van der Waals surface area contributed by atoms with Gasteiger partial charge in [-0.1, -0.05) is 39.3 Å². The van der Waals surface area contributed by atoms with Gasteiger partial charge in [0.05, 0.1) is 17.4 Å². The maximum atomic E-state index is 12.9. The summed E-state index contributed by atoms with van der Waals surface area (Å²) in [4.78, 5) is 24.8. The van der Waals surface area contributed by atoms with E-state index in [0.717, 1.165) is 44.1 Å². The lowest BCUT2D eigenvalue weighted by molar-refractivity contribution is 0.101. The minimum absolute atomic E-state index is 0.167. The number of aromatic nitrogens is 3. The van der Waals surface area contributed by atoms with Gasteiger partial charge in [-0.25, -0.2) is 4.68 Å². The summed E-state index contributed by atoms with van der Waals surface area (Å²) in [6.45, 7) is 4.27. The summed E-state index contributed by atoms with van der Waals surface area (Å²) < 4.78 is 14.4. The SMILES string of the molecule is Cc1cc(C)cc(-n2cc(COc3ccc(Cc4ccc5oc(C(=O)c6ccc(Br)cc6)cc5c4)cc3C=O)nn2)c1. The van der Waals surface area contributed by atoms with E-state index in [2.05, 4.69) is 32.3 Å². The maximum absolute atomic E-state index is 12.9. The van der Waals surface area contributed by atoms with Crippen LogP contribution in [0.2, 0.25) is 0 Å². The summed E-state index contributed by atoms with van der Waals surface area (Å²) in [5.74, 6) is 0.610. The zero-order chi connectivity index (χ0) is 29.2. The van der Waals surface area contributed by atoms with Gasteiger partial charge in [0, 0.05) is 15.4 Å². The first-order valence-corrected chi connectivity index (χ1v) is 14.2. The fraction of sp³-hybridized carbons (Fsp3) is 0.118. The Kier molecular flexibility index (Phi) is 7.54. The van der Waals surface area contributed by atoms with Crippen LogP contribution in [0.4, 0.5) is 0 Å². The molecule has 0 N–H and O–H groups in total. The number of fused-ring (bicyclic) bond motifs is 1. The van der Waals surface area contributed by atoms with Crippen molar-refractivity contribution in [3.05, 3.63) is 140 Å². The number of nitrogens with zero attached hydrogens (tertiary/aromatic N) is 3. The number of carbonyl (C=O) groups is 2. The second kappa shape index (κ2) is 11.6. The van der Waals surface area contributed by atoms with Gasteiger partial charge >= 0.3 is 0 Å². The minimum Gasteiger partial charge on any atom is -0.486 e. The molecule has 0 saturated heterocycles. The van der Waals surface area contributed by atoms with Crippen molar-refractivity contribution in [3.8, 4) is 11.4 Å². The highest BCUT2D eigenvalue weighted by Crippen LogP contribution is 2.26. The van der Waals surface area contributed by atoms with Gasteiger partial charge in [-0.2, -0.15) is 0 Å². The monoisotopic (exact) mass is 619 g/mol. The van der Waals surface area contributed by atoms with Crippen molar-refractivity contribution in [1.82, 2.24) is 15.0 Å². The van der Waals surface area contributed by atoms with Crippen molar-refractivity contribution in [2.75, 3.05) is 0 Å². The van der Waals surface area contributed by atoms with Crippen LogP contribution in [0.15, 0.2) is 100 Å².